The number of hydrogen-bond donors (Lipinski definition) is 1. The van der Waals surface area contributed by atoms with Gasteiger partial charge in [0.2, 0.25) is 0 Å². The van der Waals surface area contributed by atoms with Crippen molar-refractivity contribution >= 4 is 28.2 Å². The average Bonchev–Trinajstić information content (AvgIpc) is 2.37. The summed E-state index contributed by atoms with van der Waals surface area (Å²) in [6.45, 7) is 6.24. The zero-order valence-corrected chi connectivity index (χ0v) is 12.4. The third kappa shape index (κ3) is 3.58. The van der Waals surface area contributed by atoms with Gasteiger partial charge >= 0.3 is 0 Å². The van der Waals surface area contributed by atoms with Crippen LogP contribution in [-0.2, 0) is 0 Å². The van der Waals surface area contributed by atoms with Crippen molar-refractivity contribution in [1.29, 1.82) is 0 Å². The van der Waals surface area contributed by atoms with Crippen LogP contribution in [0.2, 0.25) is 5.02 Å². The molecule has 1 aromatic heterocycles. The maximum Gasteiger partial charge on any atom is 0.0737 e. The summed E-state index contributed by atoms with van der Waals surface area (Å²) < 4.78 is 0. The van der Waals surface area contributed by atoms with Crippen molar-refractivity contribution in [2.75, 3.05) is 25.0 Å². The maximum absolute atomic E-state index is 6.01. The van der Waals surface area contributed by atoms with Crippen molar-refractivity contribution in [3.63, 3.8) is 0 Å². The molecule has 0 bridgehead atoms. The number of aromatic nitrogens is 1. The van der Waals surface area contributed by atoms with E-state index in [1.165, 1.54) is 5.69 Å². The minimum absolute atomic E-state index is 0.515. The topological polar surface area (TPSA) is 28.2 Å². The van der Waals surface area contributed by atoms with Crippen LogP contribution in [0.25, 0.3) is 10.9 Å². The second-order valence-corrected chi connectivity index (χ2v) is 5.46. The molecule has 0 radical (unpaired) electrons. The first kappa shape index (κ1) is 14.1. The van der Waals surface area contributed by atoms with E-state index in [-0.39, 0.29) is 0 Å². The van der Waals surface area contributed by atoms with Crippen LogP contribution in [0, 0.1) is 0 Å². The third-order valence-electron chi connectivity index (χ3n) is 3.09. The molecular weight excluding hydrogens is 258 g/mol. The van der Waals surface area contributed by atoms with Gasteiger partial charge in [0.1, 0.15) is 0 Å². The van der Waals surface area contributed by atoms with Gasteiger partial charge in [-0.05, 0) is 24.3 Å². The molecule has 0 atom stereocenters. The van der Waals surface area contributed by atoms with Crippen molar-refractivity contribution in [3.05, 3.63) is 35.5 Å². The van der Waals surface area contributed by atoms with Crippen LogP contribution >= 0.6 is 11.6 Å². The van der Waals surface area contributed by atoms with E-state index in [0.29, 0.717) is 6.04 Å². The lowest BCUT2D eigenvalue weighted by Crippen LogP contribution is -2.32. The monoisotopic (exact) mass is 277 g/mol. The van der Waals surface area contributed by atoms with Gasteiger partial charge in [0, 0.05) is 48.5 Å². The Balaban J connectivity index is 2.19. The molecule has 0 aliphatic carbocycles. The molecule has 0 aliphatic heterocycles. The quantitative estimate of drug-likeness (QED) is 0.909. The van der Waals surface area contributed by atoms with E-state index in [0.717, 1.165) is 29.0 Å². The van der Waals surface area contributed by atoms with Gasteiger partial charge in [-0.25, -0.2) is 0 Å². The minimum atomic E-state index is 0.515. The number of halogens is 1. The minimum Gasteiger partial charge on any atom is -0.373 e. The highest BCUT2D eigenvalue weighted by molar-refractivity contribution is 6.31. The predicted octanol–water partition coefficient (Wildman–Crippen LogP) is 3.32. The molecule has 0 saturated heterocycles. The number of rotatable bonds is 5. The van der Waals surface area contributed by atoms with Gasteiger partial charge in [-0.3, -0.25) is 4.98 Å². The third-order valence-corrected chi connectivity index (χ3v) is 3.33. The van der Waals surface area contributed by atoms with E-state index in [4.69, 9.17) is 11.6 Å². The highest BCUT2D eigenvalue weighted by Crippen LogP contribution is 2.26. The fourth-order valence-corrected chi connectivity index (χ4v) is 2.25. The maximum atomic E-state index is 6.01. The molecule has 4 heteroatoms. The molecular formula is C15H20ClN3. The Hall–Kier alpha value is -1.32. The largest absolute Gasteiger partial charge is 0.373 e. The van der Waals surface area contributed by atoms with Crippen LogP contribution in [-0.4, -0.2) is 31.2 Å². The Kier molecular flexibility index (Phi) is 4.61. The number of anilines is 1. The molecule has 1 aromatic carbocycles. The molecule has 2 aromatic rings. The molecule has 0 amide bonds. The highest BCUT2D eigenvalue weighted by atomic mass is 35.5. The Bertz CT molecular complexity index is 554. The fraction of sp³-hybridized carbons (Fsp3) is 0.400. The lowest BCUT2D eigenvalue weighted by molar-refractivity contribution is 0.589. The van der Waals surface area contributed by atoms with Crippen molar-refractivity contribution in [2.45, 2.75) is 19.9 Å². The molecule has 2 rings (SSSR count). The molecule has 3 nitrogen and oxygen atoms in total. The molecule has 19 heavy (non-hydrogen) atoms. The van der Waals surface area contributed by atoms with Gasteiger partial charge in [-0.2, -0.15) is 0 Å². The Morgan fingerprint density at radius 1 is 1.32 bits per heavy atom. The summed E-state index contributed by atoms with van der Waals surface area (Å²) in [5, 5.41) is 5.29. The first-order chi connectivity index (χ1) is 9.08. The number of pyridine rings is 1. The van der Waals surface area contributed by atoms with Crippen LogP contribution in [0.1, 0.15) is 13.8 Å². The van der Waals surface area contributed by atoms with Crippen LogP contribution in [0.3, 0.4) is 0 Å². The summed E-state index contributed by atoms with van der Waals surface area (Å²) in [4.78, 5) is 6.61. The summed E-state index contributed by atoms with van der Waals surface area (Å²) in [6, 6.07) is 8.41. The van der Waals surface area contributed by atoms with Gasteiger partial charge in [-0.1, -0.05) is 25.4 Å². The normalized spacial score (nSPS) is 11.2. The fourth-order valence-electron chi connectivity index (χ4n) is 2.08. The van der Waals surface area contributed by atoms with E-state index in [1.807, 2.05) is 30.5 Å². The van der Waals surface area contributed by atoms with E-state index >= 15 is 0 Å². The van der Waals surface area contributed by atoms with Crippen molar-refractivity contribution in [2.24, 2.45) is 0 Å². The molecule has 102 valence electrons. The number of hydrogen-bond acceptors (Lipinski definition) is 3. The molecule has 1 N–H and O–H groups in total. The molecule has 0 spiro atoms. The predicted molar refractivity (Wildman–Crippen MR) is 83.2 cm³/mol. The lowest BCUT2D eigenvalue weighted by Gasteiger charge is -2.22. The van der Waals surface area contributed by atoms with E-state index in [1.54, 1.807) is 0 Å². The highest BCUT2D eigenvalue weighted by Gasteiger charge is 2.07. The summed E-state index contributed by atoms with van der Waals surface area (Å²) in [7, 11) is 2.10. The van der Waals surface area contributed by atoms with Crippen LogP contribution in [0.5, 0.6) is 0 Å². The molecule has 0 unspecified atom stereocenters. The van der Waals surface area contributed by atoms with Gasteiger partial charge < -0.3 is 10.2 Å². The van der Waals surface area contributed by atoms with Gasteiger partial charge in [-0.15, -0.1) is 0 Å². The molecule has 1 heterocycles. The Morgan fingerprint density at radius 3 is 2.84 bits per heavy atom. The zero-order chi connectivity index (χ0) is 13.8. The second-order valence-electron chi connectivity index (χ2n) is 5.02. The number of fused-ring (bicyclic) bond motifs is 1. The lowest BCUT2D eigenvalue weighted by atomic mass is 10.1. The van der Waals surface area contributed by atoms with E-state index in [2.05, 4.69) is 36.1 Å². The van der Waals surface area contributed by atoms with Crippen LogP contribution < -0.4 is 10.2 Å². The van der Waals surface area contributed by atoms with Gasteiger partial charge in [0.15, 0.2) is 0 Å². The van der Waals surface area contributed by atoms with Crippen LogP contribution in [0.4, 0.5) is 5.69 Å². The van der Waals surface area contributed by atoms with Crippen molar-refractivity contribution < 1.29 is 0 Å². The summed E-state index contributed by atoms with van der Waals surface area (Å²) >= 11 is 6.01. The number of nitrogens with zero attached hydrogens (tertiary/aromatic N) is 2. The molecule has 0 fully saturated rings. The standard InChI is InChI=1S/C15H20ClN3/c1-11(2)17-8-9-19(3)15-6-7-18-14-10-12(16)4-5-13(14)15/h4-7,10-11,17H,8-9H2,1-3H3. The van der Waals surface area contributed by atoms with Crippen molar-refractivity contribution in [3.8, 4) is 0 Å². The van der Waals surface area contributed by atoms with E-state index < -0.39 is 0 Å². The molecule has 0 saturated carbocycles. The smallest absolute Gasteiger partial charge is 0.0737 e. The second kappa shape index (κ2) is 6.22. The summed E-state index contributed by atoms with van der Waals surface area (Å²) in [6.07, 6.45) is 1.83. The van der Waals surface area contributed by atoms with Crippen molar-refractivity contribution in [1.82, 2.24) is 10.3 Å². The number of benzene rings is 1. The Morgan fingerprint density at radius 2 is 2.11 bits per heavy atom. The summed E-state index contributed by atoms with van der Waals surface area (Å²) in [5.41, 5.74) is 2.13. The molecule has 0 aliphatic rings. The van der Waals surface area contributed by atoms with Gasteiger partial charge in [0.25, 0.3) is 0 Å². The van der Waals surface area contributed by atoms with E-state index in [9.17, 15) is 0 Å². The summed E-state index contributed by atoms with van der Waals surface area (Å²) in [5.74, 6) is 0. The Labute approximate surface area is 119 Å². The van der Waals surface area contributed by atoms with Crippen LogP contribution in [0.15, 0.2) is 30.5 Å². The first-order valence-corrected chi connectivity index (χ1v) is 6.94. The van der Waals surface area contributed by atoms with Gasteiger partial charge in [0.05, 0.1) is 5.52 Å². The SMILES string of the molecule is CC(C)NCCN(C)c1ccnc2cc(Cl)ccc12. The zero-order valence-electron chi connectivity index (χ0n) is 11.7. The first-order valence-electron chi connectivity index (χ1n) is 6.56. The number of likely N-dealkylation sites (N-methyl/N-ethyl adjacent to an activating group) is 1. The average molecular weight is 278 g/mol. The number of nitrogens with one attached hydrogen (secondary N) is 1.